The van der Waals surface area contributed by atoms with Crippen molar-refractivity contribution in [3.05, 3.63) is 57.6 Å². The zero-order chi connectivity index (χ0) is 16.5. The molecular formula is C15H10Cl2F3NO. The second-order valence-electron chi connectivity index (χ2n) is 4.54. The van der Waals surface area contributed by atoms with Crippen LogP contribution in [0.5, 0.6) is 0 Å². The van der Waals surface area contributed by atoms with Gasteiger partial charge in [0.25, 0.3) is 5.91 Å². The summed E-state index contributed by atoms with van der Waals surface area (Å²) in [6.07, 6.45) is -4.85. The van der Waals surface area contributed by atoms with Crippen LogP contribution in [0.4, 0.5) is 13.2 Å². The molecule has 0 aliphatic heterocycles. The van der Waals surface area contributed by atoms with Crippen LogP contribution in [0.15, 0.2) is 36.4 Å². The van der Waals surface area contributed by atoms with Gasteiger partial charge in [-0.15, -0.1) is 0 Å². The molecule has 2 aromatic carbocycles. The van der Waals surface area contributed by atoms with Crippen molar-refractivity contribution < 1.29 is 18.0 Å². The van der Waals surface area contributed by atoms with Crippen LogP contribution in [0, 0.1) is 6.92 Å². The van der Waals surface area contributed by atoms with Crippen LogP contribution in [0.3, 0.4) is 0 Å². The fraction of sp³-hybridized carbons (Fsp3) is 0.133. The molecular weight excluding hydrogens is 338 g/mol. The van der Waals surface area contributed by atoms with Gasteiger partial charge in [0.1, 0.15) is 0 Å². The van der Waals surface area contributed by atoms with Gasteiger partial charge in [-0.25, -0.2) is 0 Å². The second kappa shape index (κ2) is 6.18. The third-order valence-corrected chi connectivity index (χ3v) is 3.80. The minimum Gasteiger partial charge on any atom is -0.269 e. The molecule has 0 bridgehead atoms. The standard InChI is InChI=1S/C15H10Cl2F3NO/c1-8-10(9-5-3-2-4-6-9)7-11(16)12(13(8)17)14(22)21-15(18,19)20/h2-7H,1H3,(H,21,22). The van der Waals surface area contributed by atoms with E-state index < -0.39 is 17.8 Å². The van der Waals surface area contributed by atoms with Crippen molar-refractivity contribution in [3.63, 3.8) is 0 Å². The van der Waals surface area contributed by atoms with Gasteiger partial charge in [0.15, 0.2) is 0 Å². The molecule has 0 heterocycles. The molecule has 116 valence electrons. The Labute approximate surface area is 134 Å². The highest BCUT2D eigenvalue weighted by atomic mass is 35.5. The SMILES string of the molecule is Cc1c(-c2ccccc2)cc(Cl)c(C(=O)NC(F)(F)F)c1Cl. The van der Waals surface area contributed by atoms with E-state index in [1.165, 1.54) is 6.07 Å². The fourth-order valence-corrected chi connectivity index (χ4v) is 2.66. The number of rotatable bonds is 2. The van der Waals surface area contributed by atoms with E-state index in [-0.39, 0.29) is 10.0 Å². The lowest BCUT2D eigenvalue weighted by atomic mass is 9.98. The van der Waals surface area contributed by atoms with Gasteiger partial charge < -0.3 is 0 Å². The Morgan fingerprint density at radius 1 is 1.14 bits per heavy atom. The number of carbonyl (C=O) groups is 1. The number of halogens is 5. The van der Waals surface area contributed by atoms with E-state index in [2.05, 4.69) is 0 Å². The van der Waals surface area contributed by atoms with Crippen LogP contribution in [-0.2, 0) is 0 Å². The summed E-state index contributed by atoms with van der Waals surface area (Å²) >= 11 is 12.0. The summed E-state index contributed by atoms with van der Waals surface area (Å²) in [5, 5.41) is 0.650. The second-order valence-corrected chi connectivity index (χ2v) is 5.32. The first-order valence-corrected chi connectivity index (χ1v) is 6.89. The zero-order valence-corrected chi connectivity index (χ0v) is 12.8. The van der Waals surface area contributed by atoms with Crippen LogP contribution in [0.25, 0.3) is 11.1 Å². The van der Waals surface area contributed by atoms with Crippen LogP contribution < -0.4 is 5.32 Å². The van der Waals surface area contributed by atoms with Crippen molar-refractivity contribution >= 4 is 29.1 Å². The van der Waals surface area contributed by atoms with Gasteiger partial charge in [0.2, 0.25) is 0 Å². The number of carbonyl (C=O) groups excluding carboxylic acids is 1. The van der Waals surface area contributed by atoms with E-state index in [0.717, 1.165) is 10.9 Å². The van der Waals surface area contributed by atoms with E-state index >= 15 is 0 Å². The fourth-order valence-electron chi connectivity index (χ4n) is 2.03. The van der Waals surface area contributed by atoms with Crippen molar-refractivity contribution in [2.45, 2.75) is 13.2 Å². The average Bonchev–Trinajstić information content (AvgIpc) is 2.42. The van der Waals surface area contributed by atoms with Gasteiger partial charge in [0.05, 0.1) is 15.6 Å². The highest BCUT2D eigenvalue weighted by Crippen LogP contribution is 2.36. The molecule has 0 atom stereocenters. The normalized spacial score (nSPS) is 11.4. The highest BCUT2D eigenvalue weighted by Gasteiger charge is 2.32. The maximum atomic E-state index is 12.3. The Morgan fingerprint density at radius 2 is 1.73 bits per heavy atom. The predicted molar refractivity (Wildman–Crippen MR) is 80.2 cm³/mol. The quantitative estimate of drug-likeness (QED) is 0.741. The summed E-state index contributed by atoms with van der Waals surface area (Å²) in [6.45, 7) is 1.62. The summed E-state index contributed by atoms with van der Waals surface area (Å²) in [4.78, 5) is 11.7. The number of benzene rings is 2. The lowest BCUT2D eigenvalue weighted by molar-refractivity contribution is -0.146. The predicted octanol–water partition coefficient (Wildman–Crippen LogP) is 5.22. The van der Waals surface area contributed by atoms with Crippen LogP contribution in [-0.4, -0.2) is 12.2 Å². The van der Waals surface area contributed by atoms with Crippen LogP contribution in [0.1, 0.15) is 15.9 Å². The molecule has 0 radical (unpaired) electrons. The Balaban J connectivity index is 2.53. The Kier molecular flexibility index (Phi) is 4.68. The molecule has 0 spiro atoms. The molecule has 0 saturated carbocycles. The molecule has 2 nitrogen and oxygen atoms in total. The summed E-state index contributed by atoms with van der Waals surface area (Å²) in [6, 6.07) is 10.5. The molecule has 0 aromatic heterocycles. The van der Waals surface area contributed by atoms with Crippen molar-refractivity contribution in [1.82, 2.24) is 5.32 Å². The minimum absolute atomic E-state index is 0.104. The van der Waals surface area contributed by atoms with E-state index in [4.69, 9.17) is 23.2 Å². The number of hydrogen-bond donors (Lipinski definition) is 1. The van der Waals surface area contributed by atoms with E-state index in [1.807, 2.05) is 18.2 Å². The molecule has 1 N–H and O–H groups in total. The zero-order valence-electron chi connectivity index (χ0n) is 11.3. The molecule has 0 fully saturated rings. The molecule has 7 heteroatoms. The van der Waals surface area contributed by atoms with Crippen molar-refractivity contribution in [2.24, 2.45) is 0 Å². The first-order valence-electron chi connectivity index (χ1n) is 6.14. The van der Waals surface area contributed by atoms with Crippen LogP contribution >= 0.6 is 23.2 Å². The van der Waals surface area contributed by atoms with Crippen molar-refractivity contribution in [3.8, 4) is 11.1 Å². The Bertz CT molecular complexity index is 715. The van der Waals surface area contributed by atoms with Gasteiger partial charge in [-0.3, -0.25) is 10.1 Å². The van der Waals surface area contributed by atoms with Gasteiger partial charge >= 0.3 is 6.30 Å². The molecule has 2 aromatic rings. The highest BCUT2D eigenvalue weighted by molar-refractivity contribution is 6.40. The molecule has 0 saturated heterocycles. The van der Waals surface area contributed by atoms with Gasteiger partial charge in [-0.1, -0.05) is 53.5 Å². The smallest absolute Gasteiger partial charge is 0.269 e. The minimum atomic E-state index is -4.85. The topological polar surface area (TPSA) is 29.1 Å². The van der Waals surface area contributed by atoms with E-state index in [1.54, 1.807) is 19.1 Å². The van der Waals surface area contributed by atoms with Crippen molar-refractivity contribution in [2.75, 3.05) is 0 Å². The van der Waals surface area contributed by atoms with Gasteiger partial charge in [-0.2, -0.15) is 13.2 Å². The molecule has 0 unspecified atom stereocenters. The maximum absolute atomic E-state index is 12.3. The van der Waals surface area contributed by atoms with Gasteiger partial charge in [0, 0.05) is 0 Å². The van der Waals surface area contributed by atoms with Gasteiger partial charge in [-0.05, 0) is 29.7 Å². The Hall–Kier alpha value is -1.72. The third-order valence-electron chi connectivity index (χ3n) is 3.03. The number of alkyl halides is 3. The summed E-state index contributed by atoms with van der Waals surface area (Å²) in [5.74, 6) is -1.38. The van der Waals surface area contributed by atoms with Crippen LogP contribution in [0.2, 0.25) is 10.0 Å². The molecule has 2 rings (SSSR count). The lowest BCUT2D eigenvalue weighted by Gasteiger charge is -2.15. The molecule has 0 aliphatic rings. The van der Waals surface area contributed by atoms with Crippen molar-refractivity contribution in [1.29, 1.82) is 0 Å². The van der Waals surface area contributed by atoms with E-state index in [9.17, 15) is 18.0 Å². The molecule has 22 heavy (non-hydrogen) atoms. The Morgan fingerprint density at radius 3 is 2.27 bits per heavy atom. The lowest BCUT2D eigenvalue weighted by Crippen LogP contribution is -2.37. The first kappa shape index (κ1) is 16.6. The summed E-state index contributed by atoms with van der Waals surface area (Å²) in [7, 11) is 0. The first-order chi connectivity index (χ1) is 10.2. The largest absolute Gasteiger partial charge is 0.484 e. The van der Waals surface area contributed by atoms with E-state index in [0.29, 0.717) is 11.1 Å². The number of amides is 1. The maximum Gasteiger partial charge on any atom is 0.484 e. The number of nitrogens with one attached hydrogen (secondary N) is 1. The monoisotopic (exact) mass is 347 g/mol. The molecule has 1 amide bonds. The third kappa shape index (κ3) is 3.54. The average molecular weight is 348 g/mol. The summed E-state index contributed by atoms with van der Waals surface area (Å²) < 4.78 is 36.8. The molecule has 0 aliphatic carbocycles. The number of hydrogen-bond acceptors (Lipinski definition) is 1. The summed E-state index contributed by atoms with van der Waals surface area (Å²) in [5.41, 5.74) is 1.54.